The van der Waals surface area contributed by atoms with Crippen molar-refractivity contribution in [2.45, 2.75) is 177 Å². The van der Waals surface area contributed by atoms with Crippen molar-refractivity contribution in [2.24, 2.45) is 0 Å². The molecule has 12 rings (SSSR count). The molecule has 4 fully saturated rings. The highest BCUT2D eigenvalue weighted by Crippen LogP contribution is 2.51. The second-order valence-corrected chi connectivity index (χ2v) is 42.3. The fourth-order valence-electron chi connectivity index (χ4n) is 11.7. The molecule has 54 heteroatoms. The van der Waals surface area contributed by atoms with Crippen LogP contribution in [0.4, 0.5) is 0 Å². The first-order valence-electron chi connectivity index (χ1n) is 35.5. The summed E-state index contributed by atoms with van der Waals surface area (Å²) in [4.78, 5) is 164. The van der Waals surface area contributed by atoms with Crippen LogP contribution in [0, 0.1) is 27.7 Å². The molecule has 0 saturated carbocycles. The van der Waals surface area contributed by atoms with Crippen molar-refractivity contribution in [1.82, 2.24) is 38.2 Å². The zero-order valence-electron chi connectivity index (χ0n) is 65.6. The monoisotopic (exact) mass is 1950 g/mol. The third-order valence-corrected chi connectivity index (χ3v) is 27.9. The van der Waals surface area contributed by atoms with E-state index in [9.17, 15) is 77.1 Å². The predicted octanol–water partition coefficient (Wildman–Crippen LogP) is 7.84. The number of carbonyl (C=O) groups is 2. The Morgan fingerprint density at radius 1 is 0.442 bits per heavy atom. The van der Waals surface area contributed by atoms with Gasteiger partial charge in [-0.1, -0.05) is 111 Å². The van der Waals surface area contributed by atoms with Crippen molar-refractivity contribution in [3.05, 3.63) is 190 Å². The molecule has 668 valence electrons. The summed E-state index contributed by atoms with van der Waals surface area (Å²) < 4.78 is 102. The molecule has 0 bridgehead atoms. The van der Waals surface area contributed by atoms with Gasteiger partial charge in [-0.3, -0.25) is 66.5 Å². The number of benzene rings is 2. The largest absolute Gasteiger partial charge is 0.756 e. The number of aromatic amines is 4. The van der Waals surface area contributed by atoms with E-state index in [1.807, 2.05) is 52.7 Å². The molecule has 4 unspecified atom stereocenters. The van der Waals surface area contributed by atoms with Crippen LogP contribution < -0.4 is 63.8 Å². The van der Waals surface area contributed by atoms with Crippen LogP contribution >= 0.6 is 140 Å². The van der Waals surface area contributed by atoms with E-state index in [4.69, 9.17) is 79.2 Å². The Labute approximate surface area is 727 Å². The van der Waals surface area contributed by atoms with E-state index in [1.54, 1.807) is 119 Å². The van der Waals surface area contributed by atoms with E-state index in [1.165, 1.54) is 86.2 Å². The molecule has 0 spiro atoms. The number of carbonyl (C=O) groups excluding carboxylic acids is 2. The number of fused-ring (bicyclic) bond motifs is 2. The minimum Gasteiger partial charge on any atom is -0.756 e. The third kappa shape index (κ3) is 31.7. The number of hydrogen-bond acceptors (Lipinski definition) is 38. The number of phosphoric ester groups is 2. The summed E-state index contributed by atoms with van der Waals surface area (Å²) in [5, 5.41) is 18.9. The van der Waals surface area contributed by atoms with Crippen LogP contribution in [0.25, 0.3) is 0 Å². The molecule has 6 aliphatic rings. The maximum absolute atomic E-state index is 12.0. The highest BCUT2D eigenvalue weighted by Gasteiger charge is 2.43. The number of phosphoric acid groups is 2. The summed E-state index contributed by atoms with van der Waals surface area (Å²) in [5.74, 6) is 0.153. The molecule has 20 atom stereocenters. The molecule has 0 aliphatic carbocycles. The molecule has 6 aromatic rings. The van der Waals surface area contributed by atoms with Gasteiger partial charge in [0.1, 0.15) is 93.7 Å². The minimum atomic E-state index is -4.92. The number of hydrogen-bond donors (Lipinski definition) is 8. The average molecular weight is 1960 g/mol. The van der Waals surface area contributed by atoms with Crippen LogP contribution in [0.2, 0.25) is 0 Å². The van der Waals surface area contributed by atoms with Gasteiger partial charge in [-0.2, -0.15) is 0 Å². The summed E-state index contributed by atoms with van der Waals surface area (Å²) in [6, 6.07) is 13.7. The number of para-hydroxylation sites is 2. The van der Waals surface area contributed by atoms with E-state index in [0.29, 0.717) is 57.7 Å². The van der Waals surface area contributed by atoms with Crippen molar-refractivity contribution in [2.75, 3.05) is 51.5 Å². The van der Waals surface area contributed by atoms with Gasteiger partial charge in [-0.05, 0) is 127 Å². The molecular weight excluding hydrogens is 1870 g/mol. The van der Waals surface area contributed by atoms with Crippen molar-refractivity contribution < 1.29 is 114 Å². The Morgan fingerprint density at radius 3 is 0.925 bits per heavy atom. The standard InChI is InChI=1S/2C13H21N2O8PS2.2C13H20N2O5S2.2C7H4ClO3P/c2*1-7-5-15(13(17)14-12(7)16)11-4-9(22-8(2)26-25-3)10(23-11)6-21-24(18,19)20;2*1-7-5-15(13(18)14-12(7)17)11-4-9(10(6-16)20-11)19-8(2)22-21-3;2*8-12-10-6-4-2-1-3-5(6)7(9)11-12/h2*5,8-11H,4,6H2,1-3H3,(H,14,16,17)(H2,18,19,20);2*5,8-11,16H,4,6H2,1-3H3,(H,14,17,18);2*1-4H/p-2/t8-,9+,10+,11+;8-,9-,10-,11-;8-,9+,10+,11+;8-,9-,10-,11-;;/m0101../s1. The molecule has 8 N–H and O–H groups in total. The predicted molar refractivity (Wildman–Crippen MR) is 456 cm³/mol. The molecule has 4 aromatic heterocycles. The molecule has 0 radical (unpaired) electrons. The van der Waals surface area contributed by atoms with E-state index in [2.05, 4.69) is 38.0 Å². The van der Waals surface area contributed by atoms with Crippen LogP contribution in [-0.2, 0) is 65.1 Å². The molecule has 120 heavy (non-hydrogen) atoms. The van der Waals surface area contributed by atoms with Gasteiger partial charge in [0, 0.05) is 72.7 Å². The molecule has 2 aromatic carbocycles. The lowest BCUT2D eigenvalue weighted by molar-refractivity contribution is -0.224. The Hall–Kier alpha value is -4.24. The van der Waals surface area contributed by atoms with Gasteiger partial charge >= 0.3 is 50.2 Å². The Bertz CT molecular complexity index is 4690. The number of aliphatic hydroxyl groups is 2. The molecule has 4 saturated heterocycles. The first-order valence-corrected chi connectivity index (χ1v) is 53.1. The second-order valence-electron chi connectivity index (χ2n) is 25.6. The van der Waals surface area contributed by atoms with Crippen molar-refractivity contribution in [3.63, 3.8) is 0 Å². The molecule has 40 nitrogen and oxygen atoms in total. The fourth-order valence-corrected chi connectivity index (χ4v) is 20.0. The molecule has 0 amide bonds. The zero-order valence-corrected chi connectivity index (χ0v) is 77.3. The minimum absolute atomic E-state index is 0.0505. The highest BCUT2D eigenvalue weighted by atomic mass is 35.7. The first kappa shape index (κ1) is 103. The van der Waals surface area contributed by atoms with Crippen LogP contribution in [0.5, 0.6) is 11.5 Å². The van der Waals surface area contributed by atoms with Gasteiger partial charge in [0.2, 0.25) is 0 Å². The number of rotatable bonds is 28. The van der Waals surface area contributed by atoms with E-state index >= 15 is 0 Å². The second kappa shape index (κ2) is 49.2. The summed E-state index contributed by atoms with van der Waals surface area (Å²) >= 11 is 11.1. The Balaban J connectivity index is 0.000000202. The summed E-state index contributed by atoms with van der Waals surface area (Å²) in [5.41, 5.74) is -2.30. The van der Waals surface area contributed by atoms with E-state index in [0.717, 1.165) is 0 Å². The van der Waals surface area contributed by atoms with Gasteiger partial charge in [0.05, 0.1) is 50.8 Å². The van der Waals surface area contributed by atoms with Gasteiger partial charge in [-0.15, -0.1) is 0 Å². The van der Waals surface area contributed by atoms with Gasteiger partial charge in [0.15, 0.2) is 0 Å². The number of nitrogens with zero attached hydrogens (tertiary/aromatic N) is 4. The molecule has 10 heterocycles. The van der Waals surface area contributed by atoms with Crippen molar-refractivity contribution in [3.8, 4) is 11.5 Å². The van der Waals surface area contributed by atoms with Crippen LogP contribution in [0.1, 0.15) is 121 Å². The summed E-state index contributed by atoms with van der Waals surface area (Å²) in [7, 11) is -0.736. The number of ether oxygens (including phenoxy) is 8. The maximum Gasteiger partial charge on any atom is 0.403 e. The van der Waals surface area contributed by atoms with Crippen molar-refractivity contribution in [1.29, 1.82) is 0 Å². The number of nitrogens with one attached hydrogen (secondary N) is 4. The van der Waals surface area contributed by atoms with E-state index < -0.39 is 163 Å². The lowest BCUT2D eigenvalue weighted by Crippen LogP contribution is -2.33. The quantitative estimate of drug-likeness (QED) is 0.0132. The van der Waals surface area contributed by atoms with Gasteiger partial charge in [0.25, 0.3) is 37.9 Å². The first-order chi connectivity index (χ1) is 56.7. The zero-order chi connectivity index (χ0) is 88.6. The van der Waals surface area contributed by atoms with Gasteiger partial charge < -0.3 is 94.8 Å². The number of aromatic nitrogens is 8. The summed E-state index contributed by atoms with van der Waals surface area (Å²) in [6.45, 7) is 12.6. The molecular formula is C66H88Cl2N8O32P4S8-2. The van der Waals surface area contributed by atoms with Crippen LogP contribution in [0.15, 0.2) is 112 Å². The topological polar surface area (TPSA) is 544 Å². The maximum atomic E-state index is 12.0. The lowest BCUT2D eigenvalue weighted by atomic mass is 10.2. The molecule has 6 aliphatic heterocycles. The Morgan fingerprint density at radius 2 is 0.683 bits per heavy atom. The fraction of sp³-hybridized carbons (Fsp3) is 0.545. The third-order valence-electron chi connectivity index (χ3n) is 17.0. The van der Waals surface area contributed by atoms with E-state index in [-0.39, 0.29) is 60.0 Å². The smallest absolute Gasteiger partial charge is 0.403 e. The normalized spacial score (nSPS) is 25.3. The number of halogens is 2. The number of aryl methyl sites for hydroxylation is 4. The number of aliphatic hydroxyl groups excluding tert-OH is 2. The van der Waals surface area contributed by atoms with Crippen LogP contribution in [0.3, 0.4) is 0 Å². The van der Waals surface area contributed by atoms with Gasteiger partial charge in [-0.25, -0.2) is 28.8 Å². The van der Waals surface area contributed by atoms with Crippen molar-refractivity contribution >= 4 is 152 Å². The van der Waals surface area contributed by atoms with Crippen LogP contribution in [-0.4, -0.2) is 192 Å². The lowest BCUT2D eigenvalue weighted by Gasteiger charge is -2.24. The highest BCUT2D eigenvalue weighted by molar-refractivity contribution is 8.77. The Kier molecular flexibility index (Phi) is 42.2. The summed E-state index contributed by atoms with van der Waals surface area (Å²) in [6.07, 6.45) is 7.74. The number of H-pyrrole nitrogens is 4. The average Bonchev–Trinajstić information content (AvgIpc) is 1.18. The SMILES string of the molecule is CSS[C@@H](C)O[C@@H]1C[C@H](n2cc(C)c(=O)[nH]c2=O)O[C@@H]1CO.CSS[C@@H](C)O[C@@H]1C[C@H](n2cc(C)c(=O)[nH]c2=O)O[C@@H]1COP(=O)([O-])O.CSS[C@H](C)O[C@@H]1C[C@H](n2cc(C)c(=O)[nH]c2=O)O[C@@H]1CO.CSS[C@H](C)O[C@@H]1C[C@H](n2cc(C)c(=O)[nH]c2=O)O[C@@H]1COP(=O)([O-])O.O=C1OP(Cl)Oc2ccccc21.O=C1OP(Cl)Oc2ccccc21.